The number of nitrogens with one attached hydrogen (secondary N) is 1. The maximum absolute atomic E-state index is 3.49. The van der Waals surface area contributed by atoms with E-state index in [0.717, 1.165) is 13.1 Å². The molecule has 3 nitrogen and oxygen atoms in total. The zero-order valence-electron chi connectivity index (χ0n) is 12.9. The fraction of sp³-hybridized carbons (Fsp3) is 0.647. The molecule has 3 rings (SSSR count). The van der Waals surface area contributed by atoms with E-state index < -0.39 is 0 Å². The highest BCUT2D eigenvalue weighted by molar-refractivity contribution is 5.30. The number of piperazine rings is 1. The number of aryl methyl sites for hydroxylation is 1. The van der Waals surface area contributed by atoms with Crippen molar-refractivity contribution in [2.45, 2.75) is 25.3 Å². The van der Waals surface area contributed by atoms with Gasteiger partial charge in [0.1, 0.15) is 0 Å². The summed E-state index contributed by atoms with van der Waals surface area (Å²) in [7, 11) is 2.25. The molecule has 2 fully saturated rings. The molecule has 2 aliphatic heterocycles. The van der Waals surface area contributed by atoms with E-state index in [0.29, 0.717) is 0 Å². The number of hydrogen-bond donors (Lipinski definition) is 1. The van der Waals surface area contributed by atoms with Crippen LogP contribution in [0.5, 0.6) is 0 Å². The molecule has 110 valence electrons. The zero-order chi connectivity index (χ0) is 14.0. The largest absolute Gasteiger partial charge is 0.314 e. The van der Waals surface area contributed by atoms with Gasteiger partial charge in [-0.1, -0.05) is 29.8 Å². The molecule has 0 spiro atoms. The number of nitrogens with zero attached hydrogens (tertiary/aromatic N) is 2. The van der Waals surface area contributed by atoms with Gasteiger partial charge in [0.2, 0.25) is 0 Å². The second kappa shape index (κ2) is 5.84. The molecule has 1 aromatic rings. The van der Waals surface area contributed by atoms with E-state index >= 15 is 0 Å². The van der Waals surface area contributed by atoms with Crippen molar-refractivity contribution in [3.63, 3.8) is 0 Å². The summed E-state index contributed by atoms with van der Waals surface area (Å²) in [5.41, 5.74) is 3.18. The molecular weight excluding hydrogens is 246 g/mol. The van der Waals surface area contributed by atoms with E-state index in [9.17, 15) is 0 Å². The molecule has 3 heteroatoms. The predicted octanol–water partition coefficient (Wildman–Crippen LogP) is 1.82. The lowest BCUT2D eigenvalue weighted by atomic mass is 9.78. The van der Waals surface area contributed by atoms with Crippen LogP contribution in [0.1, 0.15) is 24.0 Å². The summed E-state index contributed by atoms with van der Waals surface area (Å²) in [6.07, 6.45) is 2.51. The van der Waals surface area contributed by atoms with Crippen LogP contribution in [0.3, 0.4) is 0 Å². The zero-order valence-corrected chi connectivity index (χ0v) is 12.9. The molecule has 0 saturated carbocycles. The molecule has 1 N–H and O–H groups in total. The second-order valence-electron chi connectivity index (χ2n) is 6.44. The fourth-order valence-electron chi connectivity index (χ4n) is 3.80. The minimum Gasteiger partial charge on any atom is -0.314 e. The Morgan fingerprint density at radius 2 is 1.75 bits per heavy atom. The van der Waals surface area contributed by atoms with E-state index in [1.807, 2.05) is 0 Å². The van der Waals surface area contributed by atoms with Gasteiger partial charge < -0.3 is 10.2 Å². The molecule has 0 aromatic heterocycles. The molecule has 2 heterocycles. The molecule has 0 atom stereocenters. The molecule has 0 aliphatic carbocycles. The van der Waals surface area contributed by atoms with Gasteiger partial charge in [-0.25, -0.2) is 0 Å². The van der Waals surface area contributed by atoms with Crippen molar-refractivity contribution in [2.75, 3.05) is 46.3 Å². The van der Waals surface area contributed by atoms with E-state index in [1.54, 1.807) is 0 Å². The monoisotopic (exact) mass is 273 g/mol. The number of benzene rings is 1. The van der Waals surface area contributed by atoms with E-state index in [2.05, 4.69) is 53.4 Å². The van der Waals surface area contributed by atoms with Crippen LogP contribution in [-0.4, -0.2) is 56.1 Å². The van der Waals surface area contributed by atoms with E-state index in [-0.39, 0.29) is 5.54 Å². The molecule has 0 amide bonds. The Kier molecular flexibility index (Phi) is 4.11. The highest BCUT2D eigenvalue weighted by atomic mass is 15.3. The molecule has 1 aromatic carbocycles. The van der Waals surface area contributed by atoms with Crippen molar-refractivity contribution >= 4 is 0 Å². The lowest BCUT2D eigenvalue weighted by molar-refractivity contribution is 0.0154. The SMILES string of the molecule is Cc1cccc(C2(N3CCNCC3)CCN(C)CC2)c1. The van der Waals surface area contributed by atoms with Gasteiger partial charge in [-0.3, -0.25) is 4.90 Å². The summed E-state index contributed by atoms with van der Waals surface area (Å²) < 4.78 is 0. The molecule has 0 radical (unpaired) electrons. The van der Waals surface area contributed by atoms with Crippen molar-refractivity contribution in [3.05, 3.63) is 35.4 Å². The fourth-order valence-corrected chi connectivity index (χ4v) is 3.80. The third-order valence-corrected chi connectivity index (χ3v) is 5.09. The lowest BCUT2D eigenvalue weighted by Crippen LogP contribution is -2.58. The quantitative estimate of drug-likeness (QED) is 0.887. The first kappa shape index (κ1) is 14.1. The van der Waals surface area contributed by atoms with Crippen LogP contribution in [-0.2, 0) is 5.54 Å². The molecule has 2 saturated heterocycles. The van der Waals surface area contributed by atoms with Gasteiger partial charge >= 0.3 is 0 Å². The Hall–Kier alpha value is -0.900. The summed E-state index contributed by atoms with van der Waals surface area (Å²) in [6.45, 7) is 9.24. The van der Waals surface area contributed by atoms with Crippen molar-refractivity contribution in [3.8, 4) is 0 Å². The van der Waals surface area contributed by atoms with Gasteiger partial charge in [-0.15, -0.1) is 0 Å². The van der Waals surface area contributed by atoms with Gasteiger partial charge in [-0.05, 0) is 45.5 Å². The first-order chi connectivity index (χ1) is 9.71. The topological polar surface area (TPSA) is 18.5 Å². The Bertz CT molecular complexity index is 443. The third-order valence-electron chi connectivity index (χ3n) is 5.09. The predicted molar refractivity (Wildman–Crippen MR) is 84.0 cm³/mol. The highest BCUT2D eigenvalue weighted by Crippen LogP contribution is 2.39. The standard InChI is InChI=1S/C17H27N3/c1-15-4-3-5-16(14-15)17(6-10-19(2)11-7-17)20-12-8-18-9-13-20/h3-5,14,18H,6-13H2,1-2H3. The van der Waals surface area contributed by atoms with Gasteiger partial charge in [0.25, 0.3) is 0 Å². The van der Waals surface area contributed by atoms with Gasteiger partial charge in [-0.2, -0.15) is 0 Å². The van der Waals surface area contributed by atoms with Crippen LogP contribution >= 0.6 is 0 Å². The van der Waals surface area contributed by atoms with E-state index in [4.69, 9.17) is 0 Å². The maximum Gasteiger partial charge on any atom is 0.0486 e. The van der Waals surface area contributed by atoms with E-state index in [1.165, 1.54) is 50.1 Å². The van der Waals surface area contributed by atoms with Crippen LogP contribution in [0.4, 0.5) is 0 Å². The first-order valence-electron chi connectivity index (χ1n) is 7.92. The second-order valence-corrected chi connectivity index (χ2v) is 6.44. The van der Waals surface area contributed by atoms with Crippen LogP contribution in [0.25, 0.3) is 0 Å². The normalized spacial score (nSPS) is 24.7. The van der Waals surface area contributed by atoms with Crippen molar-refractivity contribution in [1.29, 1.82) is 0 Å². The van der Waals surface area contributed by atoms with Gasteiger partial charge in [0.15, 0.2) is 0 Å². The first-order valence-corrected chi connectivity index (χ1v) is 7.92. The highest BCUT2D eigenvalue weighted by Gasteiger charge is 2.40. The summed E-state index contributed by atoms with van der Waals surface area (Å²) in [4.78, 5) is 5.21. The lowest BCUT2D eigenvalue weighted by Gasteiger charge is -2.50. The number of rotatable bonds is 2. The summed E-state index contributed by atoms with van der Waals surface area (Å²) >= 11 is 0. The van der Waals surface area contributed by atoms with Crippen LogP contribution in [0.2, 0.25) is 0 Å². The van der Waals surface area contributed by atoms with Crippen molar-refractivity contribution in [2.24, 2.45) is 0 Å². The number of hydrogen-bond acceptors (Lipinski definition) is 3. The molecule has 0 bridgehead atoms. The number of likely N-dealkylation sites (tertiary alicyclic amines) is 1. The molecule has 2 aliphatic rings. The Balaban J connectivity index is 1.94. The Morgan fingerprint density at radius 3 is 2.40 bits per heavy atom. The molecule has 20 heavy (non-hydrogen) atoms. The minimum absolute atomic E-state index is 0.265. The average Bonchev–Trinajstić information content (AvgIpc) is 2.49. The maximum atomic E-state index is 3.49. The summed E-state index contributed by atoms with van der Waals surface area (Å²) in [5, 5.41) is 3.49. The van der Waals surface area contributed by atoms with Crippen LogP contribution in [0.15, 0.2) is 24.3 Å². The number of piperidine rings is 1. The summed E-state index contributed by atoms with van der Waals surface area (Å²) in [6, 6.07) is 9.20. The minimum atomic E-state index is 0.265. The average molecular weight is 273 g/mol. The smallest absolute Gasteiger partial charge is 0.0486 e. The van der Waals surface area contributed by atoms with Gasteiger partial charge in [0, 0.05) is 31.7 Å². The Labute approximate surface area is 123 Å². The van der Waals surface area contributed by atoms with Crippen molar-refractivity contribution in [1.82, 2.24) is 15.1 Å². The van der Waals surface area contributed by atoms with Crippen molar-refractivity contribution < 1.29 is 0 Å². The van der Waals surface area contributed by atoms with Crippen LogP contribution < -0.4 is 5.32 Å². The van der Waals surface area contributed by atoms with Gasteiger partial charge in [0.05, 0.1) is 0 Å². The third kappa shape index (κ3) is 2.62. The molecule has 0 unspecified atom stereocenters. The Morgan fingerprint density at radius 1 is 1.05 bits per heavy atom. The van der Waals surface area contributed by atoms with Crippen LogP contribution in [0, 0.1) is 6.92 Å². The summed E-state index contributed by atoms with van der Waals surface area (Å²) in [5.74, 6) is 0. The molecular formula is C17H27N3.